The molecule has 0 aliphatic heterocycles. The van der Waals surface area contributed by atoms with Gasteiger partial charge in [-0.05, 0) is 67.6 Å². The first-order valence-corrected chi connectivity index (χ1v) is 12.0. The van der Waals surface area contributed by atoms with E-state index in [2.05, 4.69) is 18.8 Å². The molecular weight excluding hydrogens is 419 g/mol. The average Bonchev–Trinajstić information content (AvgIpc) is 2.75. The molecule has 0 spiro atoms. The quantitative estimate of drug-likeness (QED) is 0.310. The second-order valence-corrected chi connectivity index (χ2v) is 9.59. The Bertz CT molecular complexity index is 803. The van der Waals surface area contributed by atoms with Crippen LogP contribution in [0.2, 0.25) is 0 Å². The molecule has 2 saturated carbocycles. The molecular formula is C27H33F5. The SMILES string of the molecule is CC[C@H]1CC[C@H](CCC2CCC(/C=C/C#Cc3cc(F)c(C(F)(F)F)c(F)c3)CC2)CC1. The number of allylic oxidation sites excluding steroid dienone is 2. The van der Waals surface area contributed by atoms with Crippen molar-refractivity contribution in [1.82, 2.24) is 0 Å². The van der Waals surface area contributed by atoms with Crippen molar-refractivity contribution in [2.24, 2.45) is 23.7 Å². The molecule has 0 nitrogen and oxygen atoms in total. The predicted molar refractivity (Wildman–Crippen MR) is 118 cm³/mol. The van der Waals surface area contributed by atoms with Gasteiger partial charge in [-0.25, -0.2) is 8.78 Å². The molecule has 0 heterocycles. The zero-order valence-corrected chi connectivity index (χ0v) is 18.8. The lowest BCUT2D eigenvalue weighted by Crippen LogP contribution is -2.17. The van der Waals surface area contributed by atoms with Gasteiger partial charge < -0.3 is 0 Å². The van der Waals surface area contributed by atoms with Crippen molar-refractivity contribution in [3.8, 4) is 11.8 Å². The van der Waals surface area contributed by atoms with E-state index in [4.69, 9.17) is 0 Å². The highest BCUT2D eigenvalue weighted by Crippen LogP contribution is 2.37. The first kappa shape index (κ1) is 24.8. The predicted octanol–water partition coefficient (Wildman–Crippen LogP) is 8.69. The third-order valence-corrected chi connectivity index (χ3v) is 7.41. The van der Waals surface area contributed by atoms with E-state index in [1.54, 1.807) is 6.08 Å². The summed E-state index contributed by atoms with van der Waals surface area (Å²) >= 11 is 0. The van der Waals surface area contributed by atoms with Gasteiger partial charge >= 0.3 is 6.18 Å². The van der Waals surface area contributed by atoms with E-state index in [0.717, 1.165) is 30.6 Å². The number of hydrogen-bond donors (Lipinski definition) is 0. The maximum Gasteiger partial charge on any atom is 0.422 e. The second-order valence-electron chi connectivity index (χ2n) is 9.59. The molecule has 0 saturated heterocycles. The summed E-state index contributed by atoms with van der Waals surface area (Å²) in [4.78, 5) is 0. The van der Waals surface area contributed by atoms with Gasteiger partial charge in [-0.15, -0.1) is 0 Å². The minimum atomic E-state index is -5.06. The van der Waals surface area contributed by atoms with Gasteiger partial charge in [0.1, 0.15) is 17.2 Å². The van der Waals surface area contributed by atoms with Gasteiger partial charge in [0.15, 0.2) is 0 Å². The fourth-order valence-corrected chi connectivity index (χ4v) is 5.29. The van der Waals surface area contributed by atoms with E-state index >= 15 is 0 Å². The molecule has 5 heteroatoms. The summed E-state index contributed by atoms with van der Waals surface area (Å²) in [5.41, 5.74) is -1.97. The van der Waals surface area contributed by atoms with Crippen LogP contribution in [0.1, 0.15) is 88.7 Å². The fourth-order valence-electron chi connectivity index (χ4n) is 5.29. The van der Waals surface area contributed by atoms with E-state index in [0.29, 0.717) is 18.1 Å². The highest BCUT2D eigenvalue weighted by Gasteiger charge is 2.37. The average molecular weight is 453 g/mol. The largest absolute Gasteiger partial charge is 0.422 e. The molecule has 0 atom stereocenters. The van der Waals surface area contributed by atoms with E-state index < -0.39 is 23.4 Å². The maximum absolute atomic E-state index is 13.6. The van der Waals surface area contributed by atoms with Crippen molar-refractivity contribution in [1.29, 1.82) is 0 Å². The zero-order chi connectivity index (χ0) is 23.1. The van der Waals surface area contributed by atoms with Crippen molar-refractivity contribution < 1.29 is 22.0 Å². The fraction of sp³-hybridized carbons (Fsp3) is 0.630. The highest BCUT2D eigenvalue weighted by atomic mass is 19.4. The summed E-state index contributed by atoms with van der Waals surface area (Å²) in [5, 5.41) is 0. The Morgan fingerprint density at radius 2 is 1.34 bits per heavy atom. The molecule has 0 aromatic heterocycles. The molecule has 32 heavy (non-hydrogen) atoms. The topological polar surface area (TPSA) is 0 Å². The zero-order valence-electron chi connectivity index (χ0n) is 18.8. The van der Waals surface area contributed by atoms with Crippen LogP contribution in [-0.4, -0.2) is 0 Å². The lowest BCUT2D eigenvalue weighted by atomic mass is 9.75. The van der Waals surface area contributed by atoms with Crippen molar-refractivity contribution in [2.75, 3.05) is 0 Å². The molecule has 0 radical (unpaired) electrons. The first-order valence-electron chi connectivity index (χ1n) is 12.0. The summed E-state index contributed by atoms with van der Waals surface area (Å²) in [6.07, 6.45) is 13.0. The first-order chi connectivity index (χ1) is 15.3. The van der Waals surface area contributed by atoms with Gasteiger partial charge in [-0.3, -0.25) is 0 Å². The number of benzene rings is 1. The number of alkyl halides is 3. The molecule has 2 aliphatic rings. The van der Waals surface area contributed by atoms with Crippen LogP contribution >= 0.6 is 0 Å². The number of rotatable bonds is 5. The van der Waals surface area contributed by atoms with Gasteiger partial charge in [0.2, 0.25) is 0 Å². The van der Waals surface area contributed by atoms with Crippen LogP contribution < -0.4 is 0 Å². The Labute approximate surface area is 188 Å². The van der Waals surface area contributed by atoms with Crippen molar-refractivity contribution in [3.63, 3.8) is 0 Å². The van der Waals surface area contributed by atoms with Crippen LogP contribution in [0.3, 0.4) is 0 Å². The minimum Gasteiger partial charge on any atom is -0.206 e. The Kier molecular flexibility index (Phi) is 8.79. The third kappa shape index (κ3) is 7.09. The molecule has 2 fully saturated rings. The molecule has 3 rings (SSSR count). The van der Waals surface area contributed by atoms with Gasteiger partial charge in [0.05, 0.1) is 0 Å². The van der Waals surface area contributed by atoms with Gasteiger partial charge in [0.25, 0.3) is 0 Å². The lowest BCUT2D eigenvalue weighted by molar-refractivity contribution is -0.142. The van der Waals surface area contributed by atoms with Crippen LogP contribution in [0.4, 0.5) is 22.0 Å². The van der Waals surface area contributed by atoms with Crippen LogP contribution in [0, 0.1) is 47.1 Å². The van der Waals surface area contributed by atoms with Crippen molar-refractivity contribution in [3.05, 3.63) is 47.0 Å². The molecule has 1 aromatic rings. The summed E-state index contributed by atoms with van der Waals surface area (Å²) in [7, 11) is 0. The van der Waals surface area contributed by atoms with E-state index in [9.17, 15) is 22.0 Å². The molecule has 0 unspecified atom stereocenters. The third-order valence-electron chi connectivity index (χ3n) is 7.41. The standard InChI is InChI=1S/C27H33F5/c1-2-19-7-9-21(10-8-19)15-16-22-13-11-20(12-14-22)5-3-4-6-23-17-24(28)26(25(29)18-23)27(30,31)32/h3,5,17-22H,2,7-16H2,1H3/b5-3+/t19-,20?,21-,22?. The van der Waals surface area contributed by atoms with E-state index in [1.165, 1.54) is 57.8 Å². The monoisotopic (exact) mass is 452 g/mol. The maximum atomic E-state index is 13.6. The summed E-state index contributed by atoms with van der Waals surface area (Å²) in [5.74, 6) is 5.10. The van der Waals surface area contributed by atoms with Crippen LogP contribution in [0.5, 0.6) is 0 Å². The summed E-state index contributed by atoms with van der Waals surface area (Å²) in [6, 6.07) is 1.26. The lowest BCUT2D eigenvalue weighted by Gasteiger charge is -2.31. The smallest absolute Gasteiger partial charge is 0.206 e. The Morgan fingerprint density at radius 1 is 0.844 bits per heavy atom. The minimum absolute atomic E-state index is 0.102. The molecule has 0 amide bonds. The highest BCUT2D eigenvalue weighted by molar-refractivity contribution is 5.40. The molecule has 0 N–H and O–H groups in total. The molecule has 2 aliphatic carbocycles. The van der Waals surface area contributed by atoms with Crippen molar-refractivity contribution in [2.45, 2.75) is 83.7 Å². The number of hydrogen-bond acceptors (Lipinski definition) is 0. The van der Waals surface area contributed by atoms with Crippen LogP contribution in [-0.2, 0) is 6.18 Å². The van der Waals surface area contributed by atoms with Gasteiger partial charge in [-0.1, -0.05) is 69.8 Å². The number of halogens is 5. The molecule has 176 valence electrons. The molecule has 0 bridgehead atoms. The Hall–Kier alpha value is -1.83. The van der Waals surface area contributed by atoms with Crippen LogP contribution in [0.15, 0.2) is 24.3 Å². The van der Waals surface area contributed by atoms with Gasteiger partial charge in [0, 0.05) is 5.56 Å². The van der Waals surface area contributed by atoms with Crippen LogP contribution in [0.25, 0.3) is 0 Å². The molecule has 1 aromatic carbocycles. The van der Waals surface area contributed by atoms with Gasteiger partial charge in [-0.2, -0.15) is 13.2 Å². The van der Waals surface area contributed by atoms with E-state index in [1.807, 2.05) is 6.08 Å². The summed E-state index contributed by atoms with van der Waals surface area (Å²) in [6.45, 7) is 2.30. The summed E-state index contributed by atoms with van der Waals surface area (Å²) < 4.78 is 65.1. The van der Waals surface area contributed by atoms with E-state index in [-0.39, 0.29) is 5.56 Å². The normalized spacial score (nSPS) is 26.7. The van der Waals surface area contributed by atoms with Crippen molar-refractivity contribution >= 4 is 0 Å². The second kappa shape index (κ2) is 11.3. The Balaban J connectivity index is 1.42. The Morgan fingerprint density at radius 3 is 1.84 bits per heavy atom.